The van der Waals surface area contributed by atoms with Crippen molar-refractivity contribution in [2.24, 2.45) is 0 Å². The quantitative estimate of drug-likeness (QED) is 0.777. The molecule has 0 aliphatic heterocycles. The fourth-order valence-corrected chi connectivity index (χ4v) is 2.49. The van der Waals surface area contributed by atoms with Gasteiger partial charge in [0.2, 0.25) is 5.88 Å². The molecule has 2 atom stereocenters. The minimum atomic E-state index is -2.53. The van der Waals surface area contributed by atoms with Gasteiger partial charge in [0, 0.05) is 23.1 Å². The van der Waals surface area contributed by atoms with E-state index in [0.29, 0.717) is 6.42 Å². The molecule has 0 saturated carbocycles. The Hall–Kier alpha value is -0.920. The molecule has 0 aliphatic rings. The summed E-state index contributed by atoms with van der Waals surface area (Å²) in [4.78, 5) is 4.12. The number of aryl methyl sites for hydroxylation is 1. The first kappa shape index (κ1) is 19.1. The lowest BCUT2D eigenvalue weighted by Crippen LogP contribution is -2.40. The van der Waals surface area contributed by atoms with E-state index in [4.69, 9.17) is 4.74 Å². The maximum Gasteiger partial charge on any atom is 0.272 e. The maximum absolute atomic E-state index is 12.2. The molecule has 22 heavy (non-hydrogen) atoms. The summed E-state index contributed by atoms with van der Waals surface area (Å²) in [6.07, 6.45) is -0.340. The van der Waals surface area contributed by atoms with Crippen LogP contribution in [0.3, 0.4) is 0 Å². The van der Waals surface area contributed by atoms with E-state index in [-0.39, 0.29) is 16.7 Å². The normalized spacial score (nSPS) is 15.0. The van der Waals surface area contributed by atoms with Gasteiger partial charge in [-0.25, -0.2) is 13.8 Å². The number of halogens is 2. The highest BCUT2D eigenvalue weighted by Gasteiger charge is 2.28. The summed E-state index contributed by atoms with van der Waals surface area (Å²) in [5, 5.41) is 0. The van der Waals surface area contributed by atoms with Gasteiger partial charge in [0.1, 0.15) is 4.75 Å². The zero-order valence-corrected chi connectivity index (χ0v) is 14.5. The first-order valence-corrected chi connectivity index (χ1v) is 8.38. The van der Waals surface area contributed by atoms with E-state index in [9.17, 15) is 13.3 Å². The predicted octanol–water partition coefficient (Wildman–Crippen LogP) is 3.40. The second-order valence-electron chi connectivity index (χ2n) is 6.01. The predicted molar refractivity (Wildman–Crippen MR) is 84.6 cm³/mol. The molecule has 1 aromatic rings. The van der Waals surface area contributed by atoms with E-state index in [1.54, 1.807) is 6.20 Å². The molecule has 1 N–H and O–H groups in total. The molecule has 0 aliphatic carbocycles. The van der Waals surface area contributed by atoms with E-state index in [1.807, 2.05) is 40.7 Å². The molecule has 1 rings (SSSR count). The molecule has 4 nitrogen and oxygen atoms in total. The van der Waals surface area contributed by atoms with Gasteiger partial charge >= 0.3 is 0 Å². The van der Waals surface area contributed by atoms with Crippen LogP contribution in [0, 0.1) is 0 Å². The Morgan fingerprint density at radius 3 is 2.55 bits per heavy atom. The van der Waals surface area contributed by atoms with Crippen LogP contribution >= 0.6 is 0 Å². The van der Waals surface area contributed by atoms with Gasteiger partial charge in [-0.05, 0) is 45.7 Å². The van der Waals surface area contributed by atoms with Crippen LogP contribution in [0.5, 0.6) is 5.88 Å². The number of aromatic nitrogens is 1. The lowest BCUT2D eigenvalue weighted by Gasteiger charge is -2.26. The summed E-state index contributed by atoms with van der Waals surface area (Å²) in [5.74, 6) is 0.232. The molecule has 0 aromatic carbocycles. The van der Waals surface area contributed by atoms with Crippen LogP contribution in [0.2, 0.25) is 0 Å². The summed E-state index contributed by atoms with van der Waals surface area (Å²) >= 11 is -1.20. The van der Waals surface area contributed by atoms with E-state index in [0.717, 1.165) is 11.1 Å². The van der Waals surface area contributed by atoms with Crippen LogP contribution in [-0.2, 0) is 17.8 Å². The Morgan fingerprint density at radius 2 is 2.05 bits per heavy atom. The lowest BCUT2D eigenvalue weighted by molar-refractivity contribution is 0.0790. The van der Waals surface area contributed by atoms with Crippen LogP contribution in [0.1, 0.15) is 51.8 Å². The number of rotatable bonds is 7. The van der Waals surface area contributed by atoms with Crippen LogP contribution in [0.15, 0.2) is 12.3 Å². The van der Waals surface area contributed by atoms with Crippen LogP contribution in [-0.4, -0.2) is 27.3 Å². The van der Waals surface area contributed by atoms with Crippen molar-refractivity contribution < 1.29 is 18.1 Å². The van der Waals surface area contributed by atoms with E-state index < -0.39 is 24.4 Å². The smallest absolute Gasteiger partial charge is 0.272 e. The Bertz CT molecular complexity index is 481. The second kappa shape index (κ2) is 8.08. The van der Waals surface area contributed by atoms with Gasteiger partial charge in [0.15, 0.2) is 6.61 Å². The van der Waals surface area contributed by atoms with Gasteiger partial charge in [-0.2, -0.15) is 0 Å². The lowest BCUT2D eigenvalue weighted by atomic mass is 10.1. The zero-order valence-electron chi connectivity index (χ0n) is 13.7. The number of nitrogens with zero attached hydrogens (tertiary/aromatic N) is 1. The van der Waals surface area contributed by atoms with Gasteiger partial charge in [-0.3, -0.25) is 0 Å². The number of pyridine rings is 1. The molecule has 0 amide bonds. The summed E-state index contributed by atoms with van der Waals surface area (Å²) < 4.78 is 44.2. The molecule has 0 saturated heterocycles. The molecule has 0 fully saturated rings. The molecule has 0 radical (unpaired) electrons. The van der Waals surface area contributed by atoms with Crippen molar-refractivity contribution in [2.75, 3.05) is 6.61 Å². The van der Waals surface area contributed by atoms with Crippen molar-refractivity contribution in [1.82, 2.24) is 9.71 Å². The van der Waals surface area contributed by atoms with Crippen LogP contribution in [0.25, 0.3) is 0 Å². The fourth-order valence-electron chi connectivity index (χ4n) is 1.68. The maximum atomic E-state index is 12.2. The Balaban J connectivity index is 2.83. The molecule has 0 spiro atoms. The van der Waals surface area contributed by atoms with Crippen LogP contribution in [0.4, 0.5) is 8.78 Å². The number of ether oxygens (including phenoxy) is 1. The van der Waals surface area contributed by atoms with Crippen molar-refractivity contribution in [3.8, 4) is 5.88 Å². The molecular formula is C15H24F2N2O2S. The van der Waals surface area contributed by atoms with E-state index in [2.05, 4.69) is 9.71 Å². The van der Waals surface area contributed by atoms with Crippen molar-refractivity contribution in [3.63, 3.8) is 0 Å². The van der Waals surface area contributed by atoms with Crippen molar-refractivity contribution in [2.45, 2.75) is 58.3 Å². The summed E-state index contributed by atoms with van der Waals surface area (Å²) in [6.45, 7) is 8.79. The molecule has 126 valence electrons. The number of hydrogen-bond acceptors (Lipinski definition) is 4. The monoisotopic (exact) mass is 334 g/mol. The highest BCUT2D eigenvalue weighted by Crippen LogP contribution is 2.24. The highest BCUT2D eigenvalue weighted by molar-refractivity contribution is 7.90. The van der Waals surface area contributed by atoms with Crippen LogP contribution < -0.4 is 9.46 Å². The van der Waals surface area contributed by atoms with Gasteiger partial charge in [-0.1, -0.05) is 6.92 Å². The third-order valence-corrected chi connectivity index (χ3v) is 4.69. The standard InChI is InChI=1S/C15H24F2N2O2S/c1-6-11-7-12(8-18-14(11)21-9-13(16)17)10(2)19-22(20)15(3,4)5/h7-8,10,13,19H,6,9H2,1-5H3/t10-,22-/m1/s1. The van der Waals surface area contributed by atoms with E-state index in [1.165, 1.54) is 0 Å². The summed E-state index contributed by atoms with van der Waals surface area (Å²) in [7, 11) is 0. The van der Waals surface area contributed by atoms with Crippen molar-refractivity contribution in [1.29, 1.82) is 0 Å². The highest BCUT2D eigenvalue weighted by atomic mass is 32.2. The number of hydrogen-bond donors (Lipinski definition) is 1. The fraction of sp³-hybridized carbons (Fsp3) is 0.667. The average molecular weight is 334 g/mol. The molecular weight excluding hydrogens is 310 g/mol. The Labute approximate surface area is 134 Å². The first-order chi connectivity index (χ1) is 10.1. The second-order valence-corrected chi connectivity index (χ2v) is 8.01. The molecule has 1 heterocycles. The minimum Gasteiger partial charge on any atom is -0.598 e. The zero-order chi connectivity index (χ0) is 16.9. The first-order valence-electron chi connectivity index (χ1n) is 7.23. The SMILES string of the molecule is CCc1cc([C@@H](C)N[S@+]([O-])C(C)(C)C)cnc1OCC(F)F. The van der Waals surface area contributed by atoms with Gasteiger partial charge in [0.25, 0.3) is 6.43 Å². The van der Waals surface area contributed by atoms with Gasteiger partial charge in [0.05, 0.1) is 6.04 Å². The summed E-state index contributed by atoms with van der Waals surface area (Å²) in [6, 6.07) is 1.69. The van der Waals surface area contributed by atoms with Crippen molar-refractivity contribution in [3.05, 3.63) is 23.4 Å². The Kier molecular flexibility index (Phi) is 7.02. The molecule has 1 aromatic heterocycles. The average Bonchev–Trinajstić information content (AvgIpc) is 2.43. The summed E-state index contributed by atoms with van der Waals surface area (Å²) in [5.41, 5.74) is 1.60. The molecule has 7 heteroatoms. The Morgan fingerprint density at radius 1 is 1.41 bits per heavy atom. The van der Waals surface area contributed by atoms with Gasteiger partial charge in [-0.15, -0.1) is 4.72 Å². The van der Waals surface area contributed by atoms with Gasteiger partial charge < -0.3 is 9.29 Å². The third kappa shape index (κ3) is 5.70. The molecule has 0 unspecified atom stereocenters. The molecule has 0 bridgehead atoms. The largest absolute Gasteiger partial charge is 0.598 e. The van der Waals surface area contributed by atoms with E-state index >= 15 is 0 Å². The number of nitrogens with one attached hydrogen (secondary N) is 1. The number of alkyl halides is 2. The van der Waals surface area contributed by atoms with Crippen molar-refractivity contribution >= 4 is 11.4 Å². The third-order valence-electron chi connectivity index (χ3n) is 3.01. The topological polar surface area (TPSA) is 57.2 Å². The minimum absolute atomic E-state index is 0.165.